The van der Waals surface area contributed by atoms with Gasteiger partial charge in [-0.2, -0.15) is 0 Å². The number of nitrogens with zero attached hydrogens (tertiary/aromatic N) is 1. The molecule has 13 rings (SSSR count). The zero-order chi connectivity index (χ0) is 43.0. The number of fused-ring (bicyclic) bond motifs is 13. The topological polar surface area (TPSA) is 3.24 Å². The fourth-order valence-corrected chi connectivity index (χ4v) is 12.2. The van der Waals surface area contributed by atoms with E-state index in [1.807, 2.05) is 0 Å². The molecule has 0 N–H and O–H groups in total. The van der Waals surface area contributed by atoms with Crippen LogP contribution in [0, 0.1) is 5.92 Å². The summed E-state index contributed by atoms with van der Waals surface area (Å²) in [6.07, 6.45) is 14.9. The quantitative estimate of drug-likeness (QED) is 0.145. The van der Waals surface area contributed by atoms with Gasteiger partial charge >= 0.3 is 0 Å². The number of hydrogen-bond donors (Lipinski definition) is 0. The average Bonchev–Trinajstić information content (AvgIpc) is 3.97. The molecule has 0 aromatic heterocycles. The second-order valence-corrected chi connectivity index (χ2v) is 17.9. The largest absolute Gasteiger partial charge is 0.310 e. The van der Waals surface area contributed by atoms with Gasteiger partial charge < -0.3 is 4.90 Å². The van der Waals surface area contributed by atoms with Crippen molar-refractivity contribution in [1.29, 1.82) is 0 Å². The highest BCUT2D eigenvalue weighted by Gasteiger charge is 2.52. The molecule has 0 bridgehead atoms. The second kappa shape index (κ2) is 14.8. The molecule has 0 fully saturated rings. The number of benzene rings is 9. The maximum Gasteiger partial charge on any atom is 0.0726 e. The van der Waals surface area contributed by atoms with Gasteiger partial charge in [0.1, 0.15) is 0 Å². The van der Waals surface area contributed by atoms with Crippen LogP contribution in [0.4, 0.5) is 17.1 Å². The zero-order valence-electron chi connectivity index (χ0n) is 36.0. The van der Waals surface area contributed by atoms with Gasteiger partial charge in [-0.1, -0.05) is 212 Å². The molecule has 0 saturated carbocycles. The van der Waals surface area contributed by atoms with Gasteiger partial charge in [-0.05, 0) is 138 Å². The van der Waals surface area contributed by atoms with Crippen molar-refractivity contribution >= 4 is 29.2 Å². The summed E-state index contributed by atoms with van der Waals surface area (Å²) in [4.78, 5) is 2.39. The molecule has 1 nitrogen and oxygen atoms in total. The smallest absolute Gasteiger partial charge is 0.0726 e. The van der Waals surface area contributed by atoms with Crippen LogP contribution in [-0.2, 0) is 10.8 Å². The third kappa shape index (κ3) is 5.39. The van der Waals surface area contributed by atoms with E-state index < -0.39 is 5.41 Å². The maximum absolute atomic E-state index is 2.49. The van der Waals surface area contributed by atoms with Crippen molar-refractivity contribution in [3.8, 4) is 33.4 Å². The van der Waals surface area contributed by atoms with Crippen molar-refractivity contribution in [2.75, 3.05) is 4.90 Å². The lowest BCUT2D eigenvalue weighted by atomic mass is 9.62. The van der Waals surface area contributed by atoms with Crippen LogP contribution in [0.3, 0.4) is 0 Å². The lowest BCUT2D eigenvalue weighted by Gasteiger charge is -2.39. The first kappa shape index (κ1) is 37.5. The highest BCUT2D eigenvalue weighted by molar-refractivity contribution is 5.97. The highest BCUT2D eigenvalue weighted by Crippen LogP contribution is 2.64. The summed E-state index contributed by atoms with van der Waals surface area (Å²) in [6, 6.07) is 81.4. The Morgan fingerprint density at radius 1 is 0.400 bits per heavy atom. The molecule has 2 unspecified atom stereocenters. The molecule has 0 radical (unpaired) electrons. The average molecular weight is 828 g/mol. The van der Waals surface area contributed by atoms with Gasteiger partial charge in [-0.25, -0.2) is 0 Å². The molecule has 65 heavy (non-hydrogen) atoms. The van der Waals surface area contributed by atoms with Crippen molar-refractivity contribution in [3.63, 3.8) is 0 Å². The summed E-state index contributed by atoms with van der Waals surface area (Å²) in [5, 5.41) is 0. The Balaban J connectivity index is 0.992. The lowest BCUT2D eigenvalue weighted by Crippen LogP contribution is -2.35. The Kier molecular flexibility index (Phi) is 8.55. The molecule has 0 saturated heterocycles. The summed E-state index contributed by atoms with van der Waals surface area (Å²) in [7, 11) is 0. The van der Waals surface area contributed by atoms with Gasteiger partial charge in [-0.3, -0.25) is 0 Å². The van der Waals surface area contributed by atoms with Gasteiger partial charge in [0, 0.05) is 17.1 Å². The number of allylic oxidation sites excluding steroid dienone is 4. The molecule has 9 aromatic rings. The standard InChI is InChI=1S/C64H45N/c1-5-21-46(22-6-1)63(47-23-7-2-8-24-47)58-34-18-15-31-55(58)62-45(20-19-35-59(62)63)38-36-44-37-40-53-54-41-39-50(65(48-25-9-3-10-26-48)49-27-11-4-12-28-49)43-61(54)64(60(53)42-44)56-32-16-13-29-51(56)52-30-14-17-33-57(52)64/h1-23,25-43,47H,24H2/b38-36+. The van der Waals surface area contributed by atoms with E-state index in [-0.39, 0.29) is 11.3 Å². The molecule has 0 heterocycles. The highest BCUT2D eigenvalue weighted by atomic mass is 15.1. The Morgan fingerprint density at radius 3 is 1.62 bits per heavy atom. The predicted octanol–water partition coefficient (Wildman–Crippen LogP) is 16.1. The SMILES string of the molecule is C1=CCC(C2(c3ccccc3)c3ccccc3-c3c(/C=C/c4ccc5c(c4)C4(c6ccccc6-c6ccccc64)c4cc(N(c6ccccc6)c6ccccc6)ccc4-5)cccc32)C=C1. The molecule has 4 aliphatic carbocycles. The normalized spacial score (nSPS) is 17.6. The molecule has 9 aromatic carbocycles. The lowest BCUT2D eigenvalue weighted by molar-refractivity contribution is 0.457. The van der Waals surface area contributed by atoms with Crippen LogP contribution in [0.2, 0.25) is 0 Å². The summed E-state index contributed by atoms with van der Waals surface area (Å²) in [5.74, 6) is 0.288. The van der Waals surface area contributed by atoms with Gasteiger partial charge in [-0.15, -0.1) is 0 Å². The van der Waals surface area contributed by atoms with E-state index >= 15 is 0 Å². The first-order valence-electron chi connectivity index (χ1n) is 23.0. The van der Waals surface area contributed by atoms with Crippen molar-refractivity contribution in [3.05, 3.63) is 293 Å². The summed E-state index contributed by atoms with van der Waals surface area (Å²) in [6.45, 7) is 0. The van der Waals surface area contributed by atoms with Crippen molar-refractivity contribution in [2.24, 2.45) is 5.92 Å². The van der Waals surface area contributed by atoms with E-state index in [1.54, 1.807) is 0 Å². The molecule has 4 aliphatic rings. The first-order valence-corrected chi connectivity index (χ1v) is 23.0. The maximum atomic E-state index is 2.49. The fraction of sp³-hybridized carbons (Fsp3) is 0.0625. The van der Waals surface area contributed by atoms with E-state index in [9.17, 15) is 0 Å². The Bertz CT molecular complexity index is 3320. The molecule has 0 aliphatic heterocycles. The summed E-state index contributed by atoms with van der Waals surface area (Å²) in [5.41, 5.74) is 22.3. The van der Waals surface area contributed by atoms with Crippen LogP contribution in [0.15, 0.2) is 243 Å². The minimum absolute atomic E-state index is 0.288. The second-order valence-electron chi connectivity index (χ2n) is 17.9. The van der Waals surface area contributed by atoms with Gasteiger partial charge in [0.2, 0.25) is 0 Å². The first-order chi connectivity index (χ1) is 32.3. The van der Waals surface area contributed by atoms with Gasteiger partial charge in [0.15, 0.2) is 0 Å². The molecular weight excluding hydrogens is 783 g/mol. The van der Waals surface area contributed by atoms with E-state index in [4.69, 9.17) is 0 Å². The minimum Gasteiger partial charge on any atom is -0.310 e. The fourth-order valence-electron chi connectivity index (χ4n) is 12.2. The Hall–Kier alpha value is -8.00. The minimum atomic E-state index is -0.499. The molecule has 306 valence electrons. The Labute approximate surface area is 381 Å². The molecule has 1 spiro atoms. The van der Waals surface area contributed by atoms with E-state index in [0.717, 1.165) is 23.5 Å². The van der Waals surface area contributed by atoms with E-state index in [0.29, 0.717) is 0 Å². The van der Waals surface area contributed by atoms with Crippen molar-refractivity contribution in [2.45, 2.75) is 17.3 Å². The van der Waals surface area contributed by atoms with E-state index in [2.05, 4.69) is 260 Å². The van der Waals surface area contributed by atoms with Crippen LogP contribution >= 0.6 is 0 Å². The monoisotopic (exact) mass is 827 g/mol. The van der Waals surface area contributed by atoms with Crippen LogP contribution < -0.4 is 4.90 Å². The molecule has 2 atom stereocenters. The summed E-state index contributed by atoms with van der Waals surface area (Å²) >= 11 is 0. The van der Waals surface area contributed by atoms with Crippen LogP contribution in [0.1, 0.15) is 56.5 Å². The molecule has 0 amide bonds. The van der Waals surface area contributed by atoms with Crippen molar-refractivity contribution in [1.82, 2.24) is 0 Å². The summed E-state index contributed by atoms with van der Waals surface area (Å²) < 4.78 is 0. The molecule has 1 heteroatoms. The Morgan fingerprint density at radius 2 is 0.954 bits per heavy atom. The predicted molar refractivity (Wildman–Crippen MR) is 271 cm³/mol. The third-order valence-electron chi connectivity index (χ3n) is 14.7. The van der Waals surface area contributed by atoms with Crippen LogP contribution in [-0.4, -0.2) is 0 Å². The van der Waals surface area contributed by atoms with Gasteiger partial charge in [0.25, 0.3) is 0 Å². The van der Waals surface area contributed by atoms with Crippen LogP contribution in [0.25, 0.3) is 45.5 Å². The number of rotatable bonds is 7. The number of anilines is 3. The number of hydrogen-bond acceptors (Lipinski definition) is 1. The zero-order valence-corrected chi connectivity index (χ0v) is 36.0. The molecular formula is C64H45N. The van der Waals surface area contributed by atoms with Gasteiger partial charge in [0.05, 0.1) is 10.8 Å². The van der Waals surface area contributed by atoms with Crippen molar-refractivity contribution < 1.29 is 0 Å². The number of para-hydroxylation sites is 2. The third-order valence-corrected chi connectivity index (χ3v) is 14.7. The van der Waals surface area contributed by atoms with E-state index in [1.165, 1.54) is 83.5 Å². The van der Waals surface area contributed by atoms with Crippen LogP contribution in [0.5, 0.6) is 0 Å².